The molecule has 0 spiro atoms. The van der Waals surface area contributed by atoms with Crippen molar-refractivity contribution in [2.45, 2.75) is 11.8 Å². The SMILES string of the molecule is [C]1C2C=CC1c1ccccc12. The van der Waals surface area contributed by atoms with E-state index in [1.165, 1.54) is 11.1 Å². The lowest BCUT2D eigenvalue weighted by Gasteiger charge is -2.07. The first kappa shape index (κ1) is 5.59. The zero-order valence-electron chi connectivity index (χ0n) is 6.12. The Morgan fingerprint density at radius 2 is 1.45 bits per heavy atom. The molecule has 2 radical (unpaired) electrons. The Morgan fingerprint density at radius 3 is 2.00 bits per heavy atom. The van der Waals surface area contributed by atoms with Crippen LogP contribution in [0, 0.1) is 6.42 Å². The van der Waals surface area contributed by atoms with Gasteiger partial charge in [0.15, 0.2) is 0 Å². The molecule has 0 saturated heterocycles. The second-order valence-corrected chi connectivity index (χ2v) is 3.14. The maximum absolute atomic E-state index is 3.48. The van der Waals surface area contributed by atoms with E-state index in [-0.39, 0.29) is 0 Å². The van der Waals surface area contributed by atoms with Crippen molar-refractivity contribution >= 4 is 0 Å². The van der Waals surface area contributed by atoms with E-state index in [0.717, 1.165) is 0 Å². The standard InChI is InChI=1S/C11H8/c1-2-4-11-9-6-5-8(7-9)10(11)3-1/h1-6,8-9H. The minimum Gasteiger partial charge on any atom is -0.0797 e. The zero-order chi connectivity index (χ0) is 7.26. The van der Waals surface area contributed by atoms with Gasteiger partial charge in [-0.2, -0.15) is 0 Å². The Morgan fingerprint density at radius 1 is 0.909 bits per heavy atom. The largest absolute Gasteiger partial charge is 0.0797 e. The summed E-state index contributed by atoms with van der Waals surface area (Å²) in [7, 11) is 0. The zero-order valence-corrected chi connectivity index (χ0v) is 6.12. The molecule has 0 saturated carbocycles. The molecule has 0 amide bonds. The fraction of sp³-hybridized carbons (Fsp3) is 0.182. The first-order chi connectivity index (χ1) is 5.45. The third kappa shape index (κ3) is 0.597. The van der Waals surface area contributed by atoms with E-state index in [1.807, 2.05) is 0 Å². The summed E-state index contributed by atoms with van der Waals surface area (Å²) in [6.07, 6.45) is 7.97. The number of hydrogen-bond donors (Lipinski definition) is 0. The van der Waals surface area contributed by atoms with Gasteiger partial charge in [-0.3, -0.25) is 0 Å². The van der Waals surface area contributed by atoms with Gasteiger partial charge in [0.25, 0.3) is 0 Å². The molecule has 2 bridgehead atoms. The molecular weight excluding hydrogens is 132 g/mol. The minimum absolute atomic E-state index is 0.496. The van der Waals surface area contributed by atoms with E-state index in [0.29, 0.717) is 11.8 Å². The molecule has 1 aromatic carbocycles. The van der Waals surface area contributed by atoms with Crippen LogP contribution in [0.2, 0.25) is 0 Å². The highest BCUT2D eigenvalue weighted by molar-refractivity contribution is 5.52. The third-order valence-corrected chi connectivity index (χ3v) is 2.52. The molecule has 0 N–H and O–H groups in total. The van der Waals surface area contributed by atoms with E-state index in [9.17, 15) is 0 Å². The number of hydrogen-bond acceptors (Lipinski definition) is 0. The molecule has 11 heavy (non-hydrogen) atoms. The maximum Gasteiger partial charge on any atom is 0.00989 e. The van der Waals surface area contributed by atoms with E-state index >= 15 is 0 Å². The summed E-state index contributed by atoms with van der Waals surface area (Å²) in [5.74, 6) is 0.993. The third-order valence-electron chi connectivity index (χ3n) is 2.52. The molecule has 0 nitrogen and oxygen atoms in total. The molecule has 2 atom stereocenters. The summed E-state index contributed by atoms with van der Waals surface area (Å²) in [5, 5.41) is 0. The van der Waals surface area contributed by atoms with Gasteiger partial charge in [-0.05, 0) is 11.1 Å². The van der Waals surface area contributed by atoms with Crippen molar-refractivity contribution < 1.29 is 0 Å². The van der Waals surface area contributed by atoms with Crippen LogP contribution in [0.3, 0.4) is 0 Å². The van der Waals surface area contributed by atoms with Crippen molar-refractivity contribution in [3.63, 3.8) is 0 Å². The second kappa shape index (κ2) is 1.76. The van der Waals surface area contributed by atoms with Gasteiger partial charge in [-0.25, -0.2) is 0 Å². The van der Waals surface area contributed by atoms with Crippen molar-refractivity contribution in [3.8, 4) is 0 Å². The van der Waals surface area contributed by atoms with Crippen molar-refractivity contribution in [2.75, 3.05) is 0 Å². The minimum atomic E-state index is 0.496. The number of rotatable bonds is 0. The lowest BCUT2D eigenvalue weighted by Crippen LogP contribution is -1.90. The summed E-state index contributed by atoms with van der Waals surface area (Å²) < 4.78 is 0. The summed E-state index contributed by atoms with van der Waals surface area (Å²) in [6, 6.07) is 8.62. The lowest BCUT2D eigenvalue weighted by atomic mass is 9.97. The highest BCUT2D eigenvalue weighted by atomic mass is 14.3. The molecule has 0 aromatic heterocycles. The molecule has 3 rings (SSSR count). The fourth-order valence-electron chi connectivity index (χ4n) is 1.99. The van der Waals surface area contributed by atoms with Crippen LogP contribution < -0.4 is 0 Å². The van der Waals surface area contributed by atoms with Gasteiger partial charge in [0.05, 0.1) is 0 Å². The second-order valence-electron chi connectivity index (χ2n) is 3.14. The van der Waals surface area contributed by atoms with Gasteiger partial charge in [0.2, 0.25) is 0 Å². The van der Waals surface area contributed by atoms with E-state index in [2.05, 4.69) is 42.8 Å². The topological polar surface area (TPSA) is 0 Å². The normalized spacial score (nSPS) is 30.9. The van der Waals surface area contributed by atoms with Gasteiger partial charge in [-0.15, -0.1) is 0 Å². The van der Waals surface area contributed by atoms with E-state index in [4.69, 9.17) is 0 Å². The molecule has 52 valence electrons. The van der Waals surface area contributed by atoms with Crippen LogP contribution in [0.4, 0.5) is 0 Å². The molecule has 2 unspecified atom stereocenters. The Labute approximate surface area is 66.6 Å². The molecule has 0 aliphatic heterocycles. The Balaban J connectivity index is 2.28. The van der Waals surface area contributed by atoms with Crippen molar-refractivity contribution in [1.82, 2.24) is 0 Å². The van der Waals surface area contributed by atoms with Crippen LogP contribution in [0.25, 0.3) is 0 Å². The van der Waals surface area contributed by atoms with Crippen molar-refractivity contribution in [1.29, 1.82) is 0 Å². The van der Waals surface area contributed by atoms with E-state index < -0.39 is 0 Å². The van der Waals surface area contributed by atoms with Gasteiger partial charge in [0.1, 0.15) is 0 Å². The lowest BCUT2D eigenvalue weighted by molar-refractivity contribution is 1.03. The Hall–Kier alpha value is -1.04. The Kier molecular flexibility index (Phi) is 0.894. The van der Waals surface area contributed by atoms with E-state index in [1.54, 1.807) is 0 Å². The van der Waals surface area contributed by atoms with Gasteiger partial charge < -0.3 is 0 Å². The molecule has 0 fully saturated rings. The van der Waals surface area contributed by atoms with Crippen molar-refractivity contribution in [2.24, 2.45) is 0 Å². The molecule has 0 heteroatoms. The molecular formula is C11H8. The van der Waals surface area contributed by atoms with Crippen LogP contribution in [-0.2, 0) is 0 Å². The van der Waals surface area contributed by atoms with Crippen LogP contribution in [0.5, 0.6) is 0 Å². The summed E-state index contributed by atoms with van der Waals surface area (Å²) in [6.45, 7) is 0. The summed E-state index contributed by atoms with van der Waals surface area (Å²) in [5.41, 5.74) is 2.92. The monoisotopic (exact) mass is 140 g/mol. The quantitative estimate of drug-likeness (QED) is 0.486. The summed E-state index contributed by atoms with van der Waals surface area (Å²) >= 11 is 0. The van der Waals surface area contributed by atoms with Gasteiger partial charge >= 0.3 is 0 Å². The predicted octanol–water partition coefficient (Wildman–Crippen LogP) is 2.52. The van der Waals surface area contributed by atoms with Crippen LogP contribution in [0.15, 0.2) is 36.4 Å². The first-order valence-electron chi connectivity index (χ1n) is 3.98. The Bertz CT molecular complexity index is 292. The highest BCUT2D eigenvalue weighted by Crippen LogP contribution is 2.46. The highest BCUT2D eigenvalue weighted by Gasteiger charge is 2.32. The maximum atomic E-state index is 3.48. The number of benzene rings is 1. The summed E-state index contributed by atoms with van der Waals surface area (Å²) in [4.78, 5) is 0. The molecule has 2 aliphatic rings. The molecule has 0 heterocycles. The van der Waals surface area contributed by atoms with Crippen LogP contribution in [0.1, 0.15) is 23.0 Å². The molecule has 1 aromatic rings. The number of fused-ring (bicyclic) bond motifs is 5. The van der Waals surface area contributed by atoms with Gasteiger partial charge in [0, 0.05) is 18.3 Å². The average molecular weight is 140 g/mol. The fourth-order valence-corrected chi connectivity index (χ4v) is 1.99. The van der Waals surface area contributed by atoms with Crippen molar-refractivity contribution in [3.05, 3.63) is 54.0 Å². The van der Waals surface area contributed by atoms with Crippen LogP contribution in [-0.4, -0.2) is 0 Å². The van der Waals surface area contributed by atoms with Gasteiger partial charge in [-0.1, -0.05) is 36.4 Å². The predicted molar refractivity (Wildman–Crippen MR) is 44.3 cm³/mol. The van der Waals surface area contributed by atoms with Crippen LogP contribution >= 0.6 is 0 Å². The number of allylic oxidation sites excluding steroid dienone is 2. The molecule has 2 aliphatic carbocycles. The smallest absolute Gasteiger partial charge is 0.00989 e. The first-order valence-corrected chi connectivity index (χ1v) is 3.98. The average Bonchev–Trinajstić information content (AvgIpc) is 2.64.